The highest BCUT2D eigenvalue weighted by atomic mass is 16.5. The lowest BCUT2D eigenvalue weighted by atomic mass is 9.79. The fourth-order valence-corrected chi connectivity index (χ4v) is 5.54. The van der Waals surface area contributed by atoms with Crippen LogP contribution in [-0.2, 0) is 31.2 Å². The van der Waals surface area contributed by atoms with Gasteiger partial charge in [0.15, 0.2) is 0 Å². The molecular formula is C40H62O6. The van der Waals surface area contributed by atoms with Crippen molar-refractivity contribution in [3.05, 3.63) is 46.5 Å². The molecule has 2 N–H and O–H groups in total. The van der Waals surface area contributed by atoms with Crippen molar-refractivity contribution in [1.29, 1.82) is 0 Å². The minimum Gasteiger partial charge on any atom is -0.507 e. The van der Waals surface area contributed by atoms with Gasteiger partial charge in [0.1, 0.15) is 23.0 Å². The summed E-state index contributed by atoms with van der Waals surface area (Å²) in [6, 6.07) is 7.15. The summed E-state index contributed by atoms with van der Waals surface area (Å²) in [4.78, 5) is 25.9. The second-order valence-corrected chi connectivity index (χ2v) is 17.4. The number of rotatable bonds is 11. The molecule has 0 aromatic heterocycles. The van der Waals surface area contributed by atoms with E-state index in [1.54, 1.807) is 24.3 Å². The molecule has 2 aromatic carbocycles. The summed E-state index contributed by atoms with van der Waals surface area (Å²) in [5.41, 5.74) is 1.85. The molecule has 2 rings (SSSR count). The molecule has 0 bridgehead atoms. The van der Waals surface area contributed by atoms with Crippen molar-refractivity contribution in [3.8, 4) is 23.0 Å². The fourth-order valence-electron chi connectivity index (χ4n) is 5.54. The van der Waals surface area contributed by atoms with E-state index in [4.69, 9.17) is 9.47 Å². The maximum Gasteiger partial charge on any atom is 0.314 e. The normalized spacial score (nSPS) is 14.1. The van der Waals surface area contributed by atoms with Crippen LogP contribution in [0, 0.1) is 11.8 Å². The van der Waals surface area contributed by atoms with Crippen molar-refractivity contribution in [2.75, 3.05) is 0 Å². The van der Waals surface area contributed by atoms with Gasteiger partial charge in [-0.2, -0.15) is 0 Å². The highest BCUT2D eigenvalue weighted by Crippen LogP contribution is 2.43. The zero-order chi connectivity index (χ0) is 35.4. The Kier molecular flexibility index (Phi) is 12.6. The number of esters is 2. The molecule has 0 aliphatic rings. The van der Waals surface area contributed by atoms with E-state index in [1.807, 2.05) is 96.9 Å². The smallest absolute Gasteiger partial charge is 0.314 e. The highest BCUT2D eigenvalue weighted by Gasteiger charge is 2.29. The average molecular weight is 639 g/mol. The van der Waals surface area contributed by atoms with E-state index >= 15 is 0 Å². The lowest BCUT2D eigenvalue weighted by Gasteiger charge is -2.28. The molecule has 0 heterocycles. The van der Waals surface area contributed by atoms with Gasteiger partial charge in [0.05, 0.1) is 11.8 Å². The van der Waals surface area contributed by atoms with Crippen LogP contribution in [0.5, 0.6) is 23.0 Å². The predicted octanol–water partition coefficient (Wildman–Crippen LogP) is 10.4. The second-order valence-electron chi connectivity index (χ2n) is 17.4. The van der Waals surface area contributed by atoms with Crippen LogP contribution in [0.1, 0.15) is 158 Å². The maximum absolute atomic E-state index is 13.0. The summed E-state index contributed by atoms with van der Waals surface area (Å²) < 4.78 is 11.7. The molecule has 0 saturated heterocycles. The molecule has 46 heavy (non-hydrogen) atoms. The Morgan fingerprint density at radius 1 is 0.522 bits per heavy atom. The van der Waals surface area contributed by atoms with Crippen LogP contribution in [0.25, 0.3) is 0 Å². The number of unbranched alkanes of at least 4 members (excludes halogenated alkanes) is 3. The average Bonchev–Trinajstić information content (AvgIpc) is 2.89. The van der Waals surface area contributed by atoms with Crippen molar-refractivity contribution >= 4 is 11.9 Å². The molecule has 2 atom stereocenters. The van der Waals surface area contributed by atoms with Crippen molar-refractivity contribution in [2.45, 2.75) is 157 Å². The monoisotopic (exact) mass is 638 g/mol. The van der Waals surface area contributed by atoms with Gasteiger partial charge in [-0.05, 0) is 58.8 Å². The summed E-state index contributed by atoms with van der Waals surface area (Å²) in [5.74, 6) is 0.449. The van der Waals surface area contributed by atoms with Crippen LogP contribution in [-0.4, -0.2) is 22.2 Å². The van der Waals surface area contributed by atoms with Crippen LogP contribution >= 0.6 is 0 Å². The van der Waals surface area contributed by atoms with Crippen molar-refractivity contribution < 1.29 is 29.3 Å². The third-order valence-electron chi connectivity index (χ3n) is 8.66. The van der Waals surface area contributed by atoms with Crippen molar-refractivity contribution in [2.24, 2.45) is 11.8 Å². The van der Waals surface area contributed by atoms with E-state index in [0.29, 0.717) is 11.5 Å². The van der Waals surface area contributed by atoms with Gasteiger partial charge in [-0.25, -0.2) is 0 Å². The third kappa shape index (κ3) is 10.8. The van der Waals surface area contributed by atoms with E-state index in [0.717, 1.165) is 60.8 Å². The first-order chi connectivity index (χ1) is 20.8. The Bertz CT molecular complexity index is 1180. The summed E-state index contributed by atoms with van der Waals surface area (Å²) in [6.07, 6.45) is 5.15. The SMILES string of the molecule is CC(CCCCCCC(C)C(=O)Oc1cc(C(C)(C)C)c(O)c(C(C)(C)C)c1)C(=O)Oc1cc(C(C)(C)C)c(O)c(C(C)(C)C)c1. The fraction of sp³-hybridized carbons (Fsp3) is 0.650. The summed E-state index contributed by atoms with van der Waals surface area (Å²) in [5, 5.41) is 21.9. The highest BCUT2D eigenvalue weighted by molar-refractivity contribution is 5.75. The van der Waals surface area contributed by atoms with Gasteiger partial charge in [0.25, 0.3) is 0 Å². The number of phenols is 2. The van der Waals surface area contributed by atoms with Crippen LogP contribution < -0.4 is 9.47 Å². The largest absolute Gasteiger partial charge is 0.507 e. The van der Waals surface area contributed by atoms with Gasteiger partial charge in [-0.3, -0.25) is 9.59 Å². The summed E-state index contributed by atoms with van der Waals surface area (Å²) in [7, 11) is 0. The van der Waals surface area contributed by atoms with Gasteiger partial charge in [0, 0.05) is 22.3 Å². The van der Waals surface area contributed by atoms with Gasteiger partial charge < -0.3 is 19.7 Å². The van der Waals surface area contributed by atoms with Crippen LogP contribution in [0.2, 0.25) is 0 Å². The van der Waals surface area contributed by atoms with Gasteiger partial charge >= 0.3 is 11.9 Å². The van der Waals surface area contributed by atoms with Gasteiger partial charge in [0.2, 0.25) is 0 Å². The molecule has 2 aromatic rings. The maximum atomic E-state index is 13.0. The molecule has 258 valence electrons. The molecule has 2 unspecified atom stereocenters. The molecule has 0 saturated carbocycles. The number of ether oxygens (including phenoxy) is 2. The van der Waals surface area contributed by atoms with Crippen LogP contribution in [0.3, 0.4) is 0 Å². The standard InChI is InChI=1S/C40H62O6/c1-25(35(43)45-27-21-29(37(3,4)5)33(41)30(22-27)38(6,7)8)19-17-15-16-18-20-26(2)36(44)46-28-23-31(39(9,10)11)34(42)32(24-28)40(12,13)14/h21-26,41-42H,15-20H2,1-14H3. The number of carbonyl (C=O) groups is 2. The first-order valence-electron chi connectivity index (χ1n) is 17.0. The number of benzene rings is 2. The topological polar surface area (TPSA) is 93.1 Å². The molecule has 0 spiro atoms. The number of hydrogen-bond donors (Lipinski definition) is 2. The van der Waals surface area contributed by atoms with E-state index in [2.05, 4.69) is 0 Å². The number of carbonyl (C=O) groups excluding carboxylic acids is 2. The minimum atomic E-state index is -0.302. The molecule has 6 nitrogen and oxygen atoms in total. The molecule has 0 amide bonds. The summed E-state index contributed by atoms with van der Waals surface area (Å²) in [6.45, 7) is 28.2. The predicted molar refractivity (Wildman–Crippen MR) is 188 cm³/mol. The Morgan fingerprint density at radius 3 is 0.978 bits per heavy atom. The van der Waals surface area contributed by atoms with Crippen LogP contribution in [0.4, 0.5) is 0 Å². The van der Waals surface area contributed by atoms with E-state index < -0.39 is 0 Å². The molecule has 0 radical (unpaired) electrons. The second kappa shape index (κ2) is 14.8. The quantitative estimate of drug-likeness (QED) is 0.144. The van der Waals surface area contributed by atoms with Crippen molar-refractivity contribution in [1.82, 2.24) is 0 Å². The first-order valence-corrected chi connectivity index (χ1v) is 17.0. The van der Waals surface area contributed by atoms with Crippen LogP contribution in [0.15, 0.2) is 24.3 Å². The minimum absolute atomic E-state index is 0.250. The lowest BCUT2D eigenvalue weighted by molar-refractivity contribution is -0.139. The Morgan fingerprint density at radius 2 is 0.761 bits per heavy atom. The summed E-state index contributed by atoms with van der Waals surface area (Å²) >= 11 is 0. The zero-order valence-electron chi connectivity index (χ0n) is 31.2. The number of phenolic OH excluding ortho intramolecular Hbond substituents is 2. The Balaban J connectivity index is 1.89. The van der Waals surface area contributed by atoms with Crippen molar-refractivity contribution in [3.63, 3.8) is 0 Å². The zero-order valence-corrected chi connectivity index (χ0v) is 31.2. The number of aromatic hydroxyl groups is 2. The van der Waals surface area contributed by atoms with E-state index in [-0.39, 0.29) is 56.9 Å². The van der Waals surface area contributed by atoms with Gasteiger partial charge in [-0.15, -0.1) is 0 Å². The first kappa shape index (κ1) is 39.2. The molecular weight excluding hydrogens is 576 g/mol. The molecule has 0 aliphatic heterocycles. The Labute approximate surface area is 279 Å². The van der Waals surface area contributed by atoms with E-state index in [1.165, 1.54) is 0 Å². The Hall–Kier alpha value is -3.02. The lowest BCUT2D eigenvalue weighted by Crippen LogP contribution is -2.21. The van der Waals surface area contributed by atoms with E-state index in [9.17, 15) is 19.8 Å². The molecule has 0 fully saturated rings. The molecule has 6 heteroatoms. The molecule has 0 aliphatic carbocycles. The third-order valence-corrected chi connectivity index (χ3v) is 8.66. The number of hydrogen-bond acceptors (Lipinski definition) is 6. The van der Waals surface area contributed by atoms with Gasteiger partial charge in [-0.1, -0.05) is 123 Å².